The summed E-state index contributed by atoms with van der Waals surface area (Å²) in [7, 11) is 0. The topological polar surface area (TPSA) is 113 Å². The van der Waals surface area contributed by atoms with E-state index in [-0.39, 0.29) is 5.56 Å². The molecule has 37 heavy (non-hydrogen) atoms. The Bertz CT molecular complexity index is 1400. The summed E-state index contributed by atoms with van der Waals surface area (Å²) in [6, 6.07) is 7.72. The molecule has 0 atom stereocenters. The number of aromatic nitrogens is 4. The molecule has 8 nitrogen and oxygen atoms in total. The predicted molar refractivity (Wildman–Crippen MR) is 133 cm³/mol. The first-order chi connectivity index (χ1) is 18.0. The van der Waals surface area contributed by atoms with Crippen molar-refractivity contribution in [1.82, 2.24) is 25.5 Å². The van der Waals surface area contributed by atoms with Crippen LogP contribution in [-0.2, 0) is 18.0 Å². The number of halogens is 2. The third-order valence-corrected chi connectivity index (χ3v) is 6.71. The van der Waals surface area contributed by atoms with Crippen LogP contribution in [0.1, 0.15) is 53.7 Å². The minimum atomic E-state index is -1.12. The van der Waals surface area contributed by atoms with Crippen LogP contribution in [0.2, 0.25) is 0 Å². The summed E-state index contributed by atoms with van der Waals surface area (Å²) in [5.74, 6) is -2.63. The van der Waals surface area contributed by atoms with Gasteiger partial charge in [-0.15, -0.1) is 0 Å². The second kappa shape index (κ2) is 11.0. The van der Waals surface area contributed by atoms with Gasteiger partial charge < -0.3 is 15.2 Å². The molecule has 3 N–H and O–H groups in total. The van der Waals surface area contributed by atoms with E-state index < -0.39 is 23.3 Å². The van der Waals surface area contributed by atoms with Gasteiger partial charge >= 0.3 is 0 Å². The molecular weight excluding hydrogens is 480 g/mol. The highest BCUT2D eigenvalue weighted by Crippen LogP contribution is 2.25. The normalized spacial score (nSPS) is 15.2. The number of aromatic amines is 1. The Hall–Kier alpha value is -3.92. The number of amides is 1. The van der Waals surface area contributed by atoms with Crippen molar-refractivity contribution < 1.29 is 23.4 Å². The Morgan fingerprint density at radius 2 is 1.86 bits per heavy atom. The molecule has 1 aliphatic heterocycles. The summed E-state index contributed by atoms with van der Waals surface area (Å²) >= 11 is 0. The number of H-pyrrole nitrogens is 1. The Balaban J connectivity index is 0.000000151. The summed E-state index contributed by atoms with van der Waals surface area (Å²) < 4.78 is 31.6. The quantitative estimate of drug-likeness (QED) is 0.357. The third-order valence-electron chi connectivity index (χ3n) is 6.71. The lowest BCUT2D eigenvalue weighted by Gasteiger charge is -2.21. The fourth-order valence-corrected chi connectivity index (χ4v) is 4.59. The summed E-state index contributed by atoms with van der Waals surface area (Å²) in [4.78, 5) is 20.7. The van der Waals surface area contributed by atoms with Crippen LogP contribution in [0.25, 0.3) is 22.3 Å². The molecule has 0 spiro atoms. The Morgan fingerprint density at radius 3 is 2.65 bits per heavy atom. The number of rotatable bonds is 4. The maximum atomic E-state index is 13.1. The number of phenols is 1. The van der Waals surface area contributed by atoms with Crippen LogP contribution in [0.5, 0.6) is 5.75 Å². The molecule has 4 aromatic rings. The second-order valence-electron chi connectivity index (χ2n) is 9.33. The standard InChI is InChI=1S/C14H17F2NO2.C13H10N4O/c15-11-6-10(7-12(16)13(11)18)14(19)17-8-9-4-2-1-3-5-9;1-2-9-5-15-17-11(9)3-8(1)13-14-4-10-6-18-7-12(10)16-13/h6-7,9,18H,1-5,8H2,(H,17,19);1-5H,6-7H2,(H,15,17). The van der Waals surface area contributed by atoms with E-state index in [1.165, 1.54) is 19.3 Å². The molecule has 0 radical (unpaired) electrons. The zero-order valence-corrected chi connectivity index (χ0v) is 20.1. The number of carbonyl (C=O) groups is 1. The van der Waals surface area contributed by atoms with Crippen LogP contribution in [0.3, 0.4) is 0 Å². The molecule has 1 saturated carbocycles. The number of carbonyl (C=O) groups excluding carboxylic acids is 1. The van der Waals surface area contributed by atoms with Crippen LogP contribution < -0.4 is 5.32 Å². The first-order valence-electron chi connectivity index (χ1n) is 12.3. The predicted octanol–water partition coefficient (Wildman–Crippen LogP) is 5.03. The Morgan fingerprint density at radius 1 is 1.08 bits per heavy atom. The van der Waals surface area contributed by atoms with E-state index in [0.717, 1.165) is 58.5 Å². The SMILES string of the molecule is O=C(NCC1CCCCC1)c1cc(F)c(O)c(F)c1.c1cc2cn[nH]c2cc1-c1ncc2c(n1)COC2. The van der Waals surface area contributed by atoms with Gasteiger partial charge in [-0.3, -0.25) is 9.89 Å². The highest BCUT2D eigenvalue weighted by Gasteiger charge is 2.18. The van der Waals surface area contributed by atoms with Crippen LogP contribution in [-0.4, -0.2) is 37.7 Å². The van der Waals surface area contributed by atoms with Gasteiger partial charge in [0.2, 0.25) is 0 Å². The van der Waals surface area contributed by atoms with Gasteiger partial charge in [-0.25, -0.2) is 18.7 Å². The third kappa shape index (κ3) is 5.75. The molecule has 192 valence electrons. The molecule has 3 heterocycles. The van der Waals surface area contributed by atoms with Gasteiger partial charge in [0.1, 0.15) is 0 Å². The van der Waals surface area contributed by atoms with Gasteiger partial charge in [-0.05, 0) is 37.0 Å². The number of fused-ring (bicyclic) bond motifs is 2. The Labute approximate surface area is 212 Å². The van der Waals surface area contributed by atoms with Gasteiger partial charge in [0.15, 0.2) is 23.2 Å². The van der Waals surface area contributed by atoms with Crippen LogP contribution in [0.4, 0.5) is 8.78 Å². The molecule has 2 aromatic heterocycles. The van der Waals surface area contributed by atoms with Gasteiger partial charge in [-0.2, -0.15) is 5.10 Å². The number of nitrogens with one attached hydrogen (secondary N) is 2. The van der Waals surface area contributed by atoms with E-state index in [4.69, 9.17) is 9.84 Å². The largest absolute Gasteiger partial charge is 0.503 e. The highest BCUT2D eigenvalue weighted by atomic mass is 19.1. The van der Waals surface area contributed by atoms with Crippen molar-refractivity contribution in [2.45, 2.75) is 45.3 Å². The van der Waals surface area contributed by atoms with E-state index in [1.54, 1.807) is 6.20 Å². The molecule has 2 aromatic carbocycles. The van der Waals surface area contributed by atoms with Crippen LogP contribution in [0.15, 0.2) is 42.7 Å². The zero-order chi connectivity index (χ0) is 25.8. The van der Waals surface area contributed by atoms with E-state index >= 15 is 0 Å². The minimum Gasteiger partial charge on any atom is -0.503 e. The number of benzene rings is 2. The van der Waals surface area contributed by atoms with Crippen LogP contribution >= 0.6 is 0 Å². The van der Waals surface area contributed by atoms with E-state index in [1.807, 2.05) is 24.4 Å². The number of hydrogen-bond acceptors (Lipinski definition) is 6. The number of phenolic OH excluding ortho intramolecular Hbond substituents is 1. The van der Waals surface area contributed by atoms with E-state index in [9.17, 15) is 13.6 Å². The fraction of sp³-hybridized carbons (Fsp3) is 0.333. The average molecular weight is 508 g/mol. The first kappa shape index (κ1) is 24.8. The smallest absolute Gasteiger partial charge is 0.251 e. The average Bonchev–Trinajstić information content (AvgIpc) is 3.59. The molecule has 0 bridgehead atoms. The first-order valence-corrected chi connectivity index (χ1v) is 12.3. The molecule has 2 aliphatic rings. The van der Waals surface area contributed by atoms with Gasteiger partial charge in [0.05, 0.1) is 30.6 Å². The second-order valence-corrected chi connectivity index (χ2v) is 9.33. The lowest BCUT2D eigenvalue weighted by Crippen LogP contribution is -2.30. The van der Waals surface area contributed by atoms with Crippen molar-refractivity contribution in [1.29, 1.82) is 0 Å². The highest BCUT2D eigenvalue weighted by molar-refractivity contribution is 5.94. The molecule has 0 unspecified atom stereocenters. The Kier molecular flexibility index (Phi) is 7.36. The monoisotopic (exact) mass is 507 g/mol. The van der Waals surface area contributed by atoms with E-state index in [2.05, 4.69) is 25.5 Å². The molecule has 1 fully saturated rings. The maximum absolute atomic E-state index is 13.1. The molecule has 10 heteroatoms. The van der Waals surface area contributed by atoms with Crippen molar-refractivity contribution >= 4 is 16.8 Å². The van der Waals surface area contributed by atoms with Crippen molar-refractivity contribution in [2.75, 3.05) is 6.54 Å². The zero-order valence-electron chi connectivity index (χ0n) is 20.1. The van der Waals surface area contributed by atoms with Crippen LogP contribution in [0, 0.1) is 17.6 Å². The van der Waals surface area contributed by atoms with E-state index in [0.29, 0.717) is 25.7 Å². The molecule has 1 amide bonds. The number of ether oxygens (including phenoxy) is 1. The van der Waals surface area contributed by atoms with Crippen molar-refractivity contribution in [2.24, 2.45) is 5.92 Å². The minimum absolute atomic E-state index is 0.108. The molecule has 1 aliphatic carbocycles. The lowest BCUT2D eigenvalue weighted by molar-refractivity contribution is 0.0942. The van der Waals surface area contributed by atoms with Crippen molar-refractivity contribution in [3.05, 3.63) is 71.2 Å². The molecular formula is C27H27F2N5O3. The maximum Gasteiger partial charge on any atom is 0.251 e. The number of aromatic hydroxyl groups is 1. The number of nitrogens with zero attached hydrogens (tertiary/aromatic N) is 3. The summed E-state index contributed by atoms with van der Waals surface area (Å²) in [6.45, 7) is 1.73. The van der Waals surface area contributed by atoms with Crippen molar-refractivity contribution in [3.8, 4) is 17.1 Å². The number of hydrogen-bond donors (Lipinski definition) is 3. The van der Waals surface area contributed by atoms with Crippen molar-refractivity contribution in [3.63, 3.8) is 0 Å². The summed E-state index contributed by atoms with van der Waals surface area (Å²) in [5, 5.41) is 19.7. The molecule has 6 rings (SSSR count). The van der Waals surface area contributed by atoms with Gasteiger partial charge in [0.25, 0.3) is 5.91 Å². The fourth-order valence-electron chi connectivity index (χ4n) is 4.59. The summed E-state index contributed by atoms with van der Waals surface area (Å²) in [5.41, 5.74) is 3.95. The lowest BCUT2D eigenvalue weighted by atomic mass is 9.89. The molecule has 0 saturated heterocycles. The summed E-state index contributed by atoms with van der Waals surface area (Å²) in [6.07, 6.45) is 9.39. The van der Waals surface area contributed by atoms with Gasteiger partial charge in [-0.1, -0.05) is 31.4 Å². The van der Waals surface area contributed by atoms with Gasteiger partial charge in [0, 0.05) is 34.8 Å².